The highest BCUT2D eigenvalue weighted by molar-refractivity contribution is 6.38. The van der Waals surface area contributed by atoms with Crippen LogP contribution in [0.4, 0.5) is 5.95 Å². The van der Waals surface area contributed by atoms with Crippen molar-refractivity contribution in [3.05, 3.63) is 52.3 Å². The molecular weight excluding hydrogens is 259 g/mol. The van der Waals surface area contributed by atoms with E-state index in [1.54, 1.807) is 36.7 Å². The first-order chi connectivity index (χ1) is 8.27. The second-order valence-electron chi connectivity index (χ2n) is 3.08. The van der Waals surface area contributed by atoms with E-state index in [2.05, 4.69) is 20.5 Å². The molecule has 1 aromatic carbocycles. The molecule has 1 N–H and O–H groups in total. The van der Waals surface area contributed by atoms with Crippen LogP contribution in [0.15, 0.2) is 41.8 Å². The molecule has 0 spiro atoms. The van der Waals surface area contributed by atoms with Crippen LogP contribution in [0.3, 0.4) is 0 Å². The number of rotatable bonds is 3. The minimum absolute atomic E-state index is 0.409. The van der Waals surface area contributed by atoms with Crippen LogP contribution >= 0.6 is 23.2 Å². The summed E-state index contributed by atoms with van der Waals surface area (Å²) in [6.07, 6.45) is 4.77. The van der Waals surface area contributed by atoms with Crippen molar-refractivity contribution in [2.45, 2.75) is 0 Å². The standard InChI is InChI=1S/C11H8Cl2N4/c12-9-3-1-4-10(13)8(9)7-16-17-11-14-5-2-6-15-11/h1-7H,(H,14,15,17)/b16-7-. The van der Waals surface area contributed by atoms with Gasteiger partial charge >= 0.3 is 0 Å². The second-order valence-corrected chi connectivity index (χ2v) is 3.89. The highest BCUT2D eigenvalue weighted by Gasteiger charge is 2.01. The summed E-state index contributed by atoms with van der Waals surface area (Å²) in [6, 6.07) is 6.98. The van der Waals surface area contributed by atoms with Gasteiger partial charge in [0.1, 0.15) is 0 Å². The zero-order valence-corrected chi connectivity index (χ0v) is 10.2. The number of hydrazone groups is 1. The summed E-state index contributed by atoms with van der Waals surface area (Å²) in [6.45, 7) is 0. The average molecular weight is 267 g/mol. The molecule has 0 unspecified atom stereocenters. The molecule has 0 atom stereocenters. The van der Waals surface area contributed by atoms with E-state index in [9.17, 15) is 0 Å². The minimum Gasteiger partial charge on any atom is -0.245 e. The second kappa shape index (κ2) is 5.61. The lowest BCUT2D eigenvalue weighted by Crippen LogP contribution is -1.96. The minimum atomic E-state index is 0.409. The first-order valence-corrected chi connectivity index (χ1v) is 5.53. The molecule has 0 bridgehead atoms. The van der Waals surface area contributed by atoms with E-state index in [0.717, 1.165) is 0 Å². The molecule has 0 saturated heterocycles. The molecule has 86 valence electrons. The predicted octanol–water partition coefficient (Wildman–Crippen LogP) is 3.23. The Bertz CT molecular complexity index is 508. The zero-order valence-electron chi connectivity index (χ0n) is 8.64. The van der Waals surface area contributed by atoms with Crippen LogP contribution in [0.25, 0.3) is 0 Å². The van der Waals surface area contributed by atoms with Gasteiger partial charge in [-0.3, -0.25) is 0 Å². The zero-order chi connectivity index (χ0) is 12.1. The maximum absolute atomic E-state index is 5.98. The number of aromatic nitrogens is 2. The van der Waals surface area contributed by atoms with Crippen molar-refractivity contribution in [1.82, 2.24) is 9.97 Å². The molecule has 1 heterocycles. The third-order valence-corrected chi connectivity index (χ3v) is 2.58. The highest BCUT2D eigenvalue weighted by atomic mass is 35.5. The topological polar surface area (TPSA) is 50.2 Å². The van der Waals surface area contributed by atoms with Gasteiger partial charge in [0.25, 0.3) is 0 Å². The number of hydrogen-bond donors (Lipinski definition) is 1. The van der Waals surface area contributed by atoms with Crippen LogP contribution in [0, 0.1) is 0 Å². The van der Waals surface area contributed by atoms with E-state index < -0.39 is 0 Å². The quantitative estimate of drug-likeness (QED) is 0.686. The molecule has 4 nitrogen and oxygen atoms in total. The summed E-state index contributed by atoms with van der Waals surface area (Å²) in [5.41, 5.74) is 3.33. The van der Waals surface area contributed by atoms with Gasteiger partial charge in [-0.15, -0.1) is 0 Å². The molecule has 6 heteroatoms. The average Bonchev–Trinajstić information content (AvgIpc) is 2.34. The summed E-state index contributed by atoms with van der Waals surface area (Å²) in [7, 11) is 0. The van der Waals surface area contributed by atoms with Gasteiger partial charge in [-0.1, -0.05) is 29.3 Å². The van der Waals surface area contributed by atoms with Gasteiger partial charge in [0.15, 0.2) is 0 Å². The van der Waals surface area contributed by atoms with Gasteiger partial charge in [0.05, 0.1) is 16.3 Å². The van der Waals surface area contributed by atoms with Crippen LogP contribution in [-0.4, -0.2) is 16.2 Å². The van der Waals surface area contributed by atoms with Crippen LogP contribution in [0.2, 0.25) is 10.0 Å². The molecule has 1 aromatic heterocycles. The van der Waals surface area contributed by atoms with E-state index in [1.807, 2.05) is 0 Å². The molecule has 2 aromatic rings. The fourth-order valence-electron chi connectivity index (χ4n) is 1.15. The van der Waals surface area contributed by atoms with Crippen LogP contribution in [0.5, 0.6) is 0 Å². The Morgan fingerprint density at radius 1 is 1.06 bits per heavy atom. The summed E-state index contributed by atoms with van der Waals surface area (Å²) in [4.78, 5) is 7.91. The number of halogens is 2. The summed E-state index contributed by atoms with van der Waals surface area (Å²) < 4.78 is 0. The summed E-state index contributed by atoms with van der Waals surface area (Å²) in [5, 5.41) is 5.04. The number of benzene rings is 1. The molecule has 0 radical (unpaired) electrons. The number of nitrogens with one attached hydrogen (secondary N) is 1. The van der Waals surface area contributed by atoms with Gasteiger partial charge in [0, 0.05) is 18.0 Å². The van der Waals surface area contributed by atoms with Crippen molar-refractivity contribution in [2.24, 2.45) is 5.10 Å². The lowest BCUT2D eigenvalue weighted by atomic mass is 10.2. The molecule has 0 amide bonds. The third kappa shape index (κ3) is 3.15. The Hall–Kier alpha value is -1.65. The molecule has 0 aliphatic heterocycles. The van der Waals surface area contributed by atoms with Gasteiger partial charge in [-0.2, -0.15) is 5.10 Å². The van der Waals surface area contributed by atoms with E-state index in [0.29, 0.717) is 21.6 Å². The fourth-order valence-corrected chi connectivity index (χ4v) is 1.64. The van der Waals surface area contributed by atoms with Gasteiger partial charge in [-0.25, -0.2) is 15.4 Å². The van der Waals surface area contributed by atoms with E-state index >= 15 is 0 Å². The van der Waals surface area contributed by atoms with Crippen LogP contribution in [-0.2, 0) is 0 Å². The van der Waals surface area contributed by atoms with E-state index in [1.165, 1.54) is 6.21 Å². The monoisotopic (exact) mass is 266 g/mol. The molecule has 0 aliphatic rings. The molecule has 17 heavy (non-hydrogen) atoms. The normalized spacial score (nSPS) is 10.7. The predicted molar refractivity (Wildman–Crippen MR) is 69.7 cm³/mol. The number of anilines is 1. The molecular formula is C11H8Cl2N4. The Labute approximate surface area is 108 Å². The molecule has 0 fully saturated rings. The smallest absolute Gasteiger partial charge is 0.243 e. The lowest BCUT2D eigenvalue weighted by Gasteiger charge is -2.00. The van der Waals surface area contributed by atoms with Gasteiger partial charge in [0.2, 0.25) is 5.95 Å². The Kier molecular flexibility index (Phi) is 3.90. The Morgan fingerprint density at radius 2 is 1.71 bits per heavy atom. The van der Waals surface area contributed by atoms with Crippen molar-refractivity contribution >= 4 is 35.4 Å². The van der Waals surface area contributed by atoms with Crippen molar-refractivity contribution in [2.75, 3.05) is 5.43 Å². The highest BCUT2D eigenvalue weighted by Crippen LogP contribution is 2.22. The van der Waals surface area contributed by atoms with Gasteiger partial charge < -0.3 is 0 Å². The molecule has 0 saturated carbocycles. The Balaban J connectivity index is 2.11. The summed E-state index contributed by atoms with van der Waals surface area (Å²) >= 11 is 12.0. The van der Waals surface area contributed by atoms with E-state index in [-0.39, 0.29) is 0 Å². The lowest BCUT2D eigenvalue weighted by molar-refractivity contribution is 1.12. The Morgan fingerprint density at radius 3 is 2.35 bits per heavy atom. The SMILES string of the molecule is Clc1cccc(Cl)c1/C=N\Nc1ncccn1. The van der Waals surface area contributed by atoms with Gasteiger partial charge in [-0.05, 0) is 18.2 Å². The first kappa shape index (κ1) is 11.8. The van der Waals surface area contributed by atoms with Crippen molar-refractivity contribution in [3.63, 3.8) is 0 Å². The molecule has 2 rings (SSSR count). The number of hydrogen-bond acceptors (Lipinski definition) is 4. The fraction of sp³-hybridized carbons (Fsp3) is 0. The first-order valence-electron chi connectivity index (χ1n) is 4.77. The maximum atomic E-state index is 5.98. The largest absolute Gasteiger partial charge is 0.245 e. The third-order valence-electron chi connectivity index (χ3n) is 1.92. The molecule has 0 aliphatic carbocycles. The van der Waals surface area contributed by atoms with E-state index in [4.69, 9.17) is 23.2 Å². The van der Waals surface area contributed by atoms with Crippen molar-refractivity contribution < 1.29 is 0 Å². The summed E-state index contributed by atoms with van der Waals surface area (Å²) in [5.74, 6) is 0.409. The van der Waals surface area contributed by atoms with Crippen molar-refractivity contribution in [3.8, 4) is 0 Å². The van der Waals surface area contributed by atoms with Crippen LogP contribution in [0.1, 0.15) is 5.56 Å². The number of nitrogens with zero attached hydrogens (tertiary/aromatic N) is 3. The maximum Gasteiger partial charge on any atom is 0.243 e. The van der Waals surface area contributed by atoms with Crippen LogP contribution < -0.4 is 5.43 Å². The van der Waals surface area contributed by atoms with Crippen molar-refractivity contribution in [1.29, 1.82) is 0 Å².